The number of rotatable bonds is 13. The summed E-state index contributed by atoms with van der Waals surface area (Å²) >= 11 is 0. The summed E-state index contributed by atoms with van der Waals surface area (Å²) in [4.78, 5) is 7.06. The maximum Gasteiger partial charge on any atom is 0.227 e. The van der Waals surface area contributed by atoms with Crippen molar-refractivity contribution in [1.82, 2.24) is 9.88 Å². The molecule has 0 bridgehead atoms. The van der Waals surface area contributed by atoms with Gasteiger partial charge in [-0.05, 0) is 68.5 Å². The Morgan fingerprint density at radius 3 is 2.41 bits per heavy atom. The molecule has 5 heteroatoms. The molecule has 0 spiro atoms. The number of benzene rings is 2. The highest BCUT2D eigenvalue weighted by atomic mass is 16.5. The summed E-state index contributed by atoms with van der Waals surface area (Å²) in [5, 5.41) is 0. The number of hydrogen-bond acceptors (Lipinski definition) is 5. The van der Waals surface area contributed by atoms with E-state index in [4.69, 9.17) is 13.9 Å². The van der Waals surface area contributed by atoms with Crippen molar-refractivity contribution in [3.8, 4) is 23.0 Å². The minimum absolute atomic E-state index is 0.611. The third kappa shape index (κ3) is 10.1. The van der Waals surface area contributed by atoms with Crippen molar-refractivity contribution >= 4 is 11.1 Å². The van der Waals surface area contributed by atoms with Gasteiger partial charge in [-0.1, -0.05) is 57.9 Å². The zero-order chi connectivity index (χ0) is 26.1. The zero-order valence-electron chi connectivity index (χ0n) is 23.0. The molecule has 0 atom stereocenters. The van der Waals surface area contributed by atoms with Crippen LogP contribution in [0.25, 0.3) is 22.6 Å². The Hall–Kier alpha value is -3.05. The fraction of sp³-hybridized carbons (Fsp3) is 0.469. The Kier molecular flexibility index (Phi) is 12.8. The fourth-order valence-electron chi connectivity index (χ4n) is 3.97. The average molecular weight is 505 g/mol. The lowest BCUT2D eigenvalue weighted by molar-refractivity contribution is 0.247. The van der Waals surface area contributed by atoms with Crippen molar-refractivity contribution in [2.45, 2.75) is 65.7 Å². The van der Waals surface area contributed by atoms with Gasteiger partial charge in [0.1, 0.15) is 17.0 Å². The molecule has 0 amide bonds. The molecule has 0 saturated carbocycles. The van der Waals surface area contributed by atoms with Gasteiger partial charge in [-0.25, -0.2) is 4.98 Å². The third-order valence-corrected chi connectivity index (χ3v) is 6.12. The number of oxazole rings is 1. The van der Waals surface area contributed by atoms with Gasteiger partial charge in [-0.15, -0.1) is 0 Å². The second kappa shape index (κ2) is 16.6. The normalized spacial score (nSPS) is 13.6. The average Bonchev–Trinajstić information content (AvgIpc) is 3.36. The number of allylic oxidation sites excluding steroid dienone is 2. The van der Waals surface area contributed by atoms with Crippen molar-refractivity contribution in [3.05, 3.63) is 66.8 Å². The van der Waals surface area contributed by atoms with Gasteiger partial charge >= 0.3 is 0 Å². The summed E-state index contributed by atoms with van der Waals surface area (Å²) in [5.74, 6) is 2.31. The molecule has 0 saturated heterocycles. The molecule has 0 radical (unpaired) electrons. The molecule has 0 N–H and O–H groups in total. The maximum absolute atomic E-state index is 5.99. The van der Waals surface area contributed by atoms with E-state index in [1.165, 1.54) is 19.3 Å². The van der Waals surface area contributed by atoms with Crippen LogP contribution in [0.1, 0.15) is 65.7 Å². The molecule has 200 valence electrons. The molecule has 1 aromatic heterocycles. The number of nitrogens with zero attached hydrogens (tertiary/aromatic N) is 2. The predicted octanol–water partition coefficient (Wildman–Crippen LogP) is 8.46. The van der Waals surface area contributed by atoms with Gasteiger partial charge in [0, 0.05) is 31.3 Å². The number of fused-ring (bicyclic) bond motifs is 1. The van der Waals surface area contributed by atoms with Gasteiger partial charge in [-0.2, -0.15) is 0 Å². The first-order valence-corrected chi connectivity index (χ1v) is 14.0. The van der Waals surface area contributed by atoms with Crippen molar-refractivity contribution in [3.63, 3.8) is 0 Å². The minimum atomic E-state index is 0.611. The molecule has 37 heavy (non-hydrogen) atoms. The van der Waals surface area contributed by atoms with Crippen LogP contribution in [-0.4, -0.2) is 42.7 Å². The van der Waals surface area contributed by atoms with Gasteiger partial charge in [0.15, 0.2) is 5.58 Å². The SMILES string of the molecule is CC/C=C\CCC.CCCCOc1ccc(-c2nc3ccc(OCCCN4CC=CCC4)cc3o2)cc1. The zero-order valence-corrected chi connectivity index (χ0v) is 23.0. The predicted molar refractivity (Wildman–Crippen MR) is 154 cm³/mol. The number of ether oxygens (including phenoxy) is 2. The van der Waals surface area contributed by atoms with Gasteiger partial charge < -0.3 is 13.9 Å². The first-order valence-electron chi connectivity index (χ1n) is 14.0. The van der Waals surface area contributed by atoms with Crippen LogP contribution >= 0.6 is 0 Å². The molecule has 3 aromatic rings. The Balaban J connectivity index is 0.000000479. The summed E-state index contributed by atoms with van der Waals surface area (Å²) in [7, 11) is 0. The van der Waals surface area contributed by atoms with E-state index < -0.39 is 0 Å². The standard InChI is InChI=1S/C25H30N2O3.C7H14/c1-2-3-17-28-21-10-8-20(9-11-21)25-26-23-13-12-22(19-24(23)30-25)29-18-7-16-27-14-5-4-6-15-27;1-3-5-7-6-4-2/h4-5,8-13,19H,2-3,6-7,14-18H2,1H3;5,7H,3-4,6H2,1-2H3/b;7-5-. The van der Waals surface area contributed by atoms with E-state index in [1.54, 1.807) is 0 Å². The molecule has 2 heterocycles. The van der Waals surface area contributed by atoms with Gasteiger partial charge in [-0.3, -0.25) is 4.90 Å². The van der Waals surface area contributed by atoms with Crippen molar-refractivity contribution in [2.24, 2.45) is 0 Å². The summed E-state index contributed by atoms with van der Waals surface area (Å²) in [5.41, 5.74) is 2.51. The molecule has 0 fully saturated rings. The lowest BCUT2D eigenvalue weighted by Gasteiger charge is -2.22. The Morgan fingerprint density at radius 2 is 1.68 bits per heavy atom. The number of unbranched alkanes of at least 4 members (excludes halogenated alkanes) is 2. The van der Waals surface area contributed by atoms with E-state index in [0.717, 1.165) is 80.1 Å². The first kappa shape index (κ1) is 28.5. The van der Waals surface area contributed by atoms with E-state index in [9.17, 15) is 0 Å². The van der Waals surface area contributed by atoms with E-state index in [1.807, 2.05) is 42.5 Å². The molecule has 1 aliphatic rings. The van der Waals surface area contributed by atoms with Gasteiger partial charge in [0.25, 0.3) is 0 Å². The van der Waals surface area contributed by atoms with Gasteiger partial charge in [0.2, 0.25) is 5.89 Å². The lowest BCUT2D eigenvalue weighted by atomic mass is 10.2. The minimum Gasteiger partial charge on any atom is -0.494 e. The number of aromatic nitrogens is 1. The second-order valence-corrected chi connectivity index (χ2v) is 9.31. The van der Waals surface area contributed by atoms with Crippen LogP contribution in [0.4, 0.5) is 0 Å². The van der Waals surface area contributed by atoms with E-state index >= 15 is 0 Å². The summed E-state index contributed by atoms with van der Waals surface area (Å²) in [6.07, 6.45) is 17.0. The molecule has 0 aliphatic carbocycles. The van der Waals surface area contributed by atoms with Crippen LogP contribution in [0.2, 0.25) is 0 Å². The van der Waals surface area contributed by atoms with Crippen molar-refractivity contribution < 1.29 is 13.9 Å². The van der Waals surface area contributed by atoms with Crippen LogP contribution < -0.4 is 9.47 Å². The van der Waals surface area contributed by atoms with Crippen molar-refractivity contribution in [1.29, 1.82) is 0 Å². The highest BCUT2D eigenvalue weighted by Gasteiger charge is 2.10. The van der Waals surface area contributed by atoms with Crippen molar-refractivity contribution in [2.75, 3.05) is 32.8 Å². The smallest absolute Gasteiger partial charge is 0.227 e. The monoisotopic (exact) mass is 504 g/mol. The van der Waals surface area contributed by atoms with Gasteiger partial charge in [0.05, 0.1) is 13.2 Å². The Labute approximate surface area is 223 Å². The summed E-state index contributed by atoms with van der Waals surface area (Å²) < 4.78 is 17.6. The van der Waals surface area contributed by atoms with Crippen LogP contribution in [0.15, 0.2) is 71.2 Å². The number of hydrogen-bond donors (Lipinski definition) is 0. The molecular formula is C32H44N2O3. The first-order chi connectivity index (χ1) is 18.2. The lowest BCUT2D eigenvalue weighted by Crippen LogP contribution is -2.29. The maximum atomic E-state index is 5.99. The highest BCUT2D eigenvalue weighted by molar-refractivity contribution is 5.77. The molecule has 4 rings (SSSR count). The highest BCUT2D eigenvalue weighted by Crippen LogP contribution is 2.28. The molecule has 5 nitrogen and oxygen atoms in total. The summed E-state index contributed by atoms with van der Waals surface area (Å²) in [6.45, 7) is 11.2. The van der Waals surface area contributed by atoms with Crippen LogP contribution in [-0.2, 0) is 0 Å². The molecule has 2 aromatic carbocycles. The van der Waals surface area contributed by atoms with E-state index in [-0.39, 0.29) is 0 Å². The second-order valence-electron chi connectivity index (χ2n) is 9.31. The van der Waals surface area contributed by atoms with E-state index in [2.05, 4.69) is 55.0 Å². The fourth-order valence-corrected chi connectivity index (χ4v) is 3.97. The van der Waals surface area contributed by atoms with Crippen LogP contribution in [0.3, 0.4) is 0 Å². The molecular weight excluding hydrogens is 460 g/mol. The van der Waals surface area contributed by atoms with Crippen LogP contribution in [0.5, 0.6) is 11.5 Å². The molecule has 1 aliphatic heterocycles. The van der Waals surface area contributed by atoms with Crippen LogP contribution in [0, 0.1) is 0 Å². The summed E-state index contributed by atoms with van der Waals surface area (Å²) in [6, 6.07) is 13.7. The van der Waals surface area contributed by atoms with E-state index in [0.29, 0.717) is 12.5 Å². The Bertz CT molecular complexity index is 1090. The Morgan fingerprint density at radius 1 is 0.892 bits per heavy atom. The largest absolute Gasteiger partial charge is 0.494 e. The molecule has 0 unspecified atom stereocenters. The topological polar surface area (TPSA) is 47.7 Å². The third-order valence-electron chi connectivity index (χ3n) is 6.12. The quantitative estimate of drug-likeness (QED) is 0.173.